The molecule has 0 bridgehead atoms. The summed E-state index contributed by atoms with van der Waals surface area (Å²) >= 11 is 6.23. The Kier molecular flexibility index (Phi) is 4.79. The number of para-hydroxylation sites is 1. The van der Waals surface area contributed by atoms with E-state index in [0.717, 1.165) is 30.2 Å². The molecular formula is C18H20ClNO. The van der Waals surface area contributed by atoms with E-state index in [4.69, 9.17) is 16.3 Å². The lowest BCUT2D eigenvalue weighted by atomic mass is 9.76. The van der Waals surface area contributed by atoms with E-state index in [1.165, 1.54) is 5.56 Å². The molecule has 1 aliphatic rings. The maximum Gasteiger partial charge on any atom is 0.119 e. The number of nitrogens with one attached hydrogen (secondary N) is 1. The van der Waals surface area contributed by atoms with Crippen molar-refractivity contribution in [3.63, 3.8) is 0 Å². The third kappa shape index (κ3) is 3.78. The first-order chi connectivity index (χ1) is 10.3. The van der Waals surface area contributed by atoms with Crippen LogP contribution in [0.1, 0.15) is 24.3 Å². The van der Waals surface area contributed by atoms with E-state index in [1.54, 1.807) is 0 Å². The molecule has 1 saturated carbocycles. The summed E-state index contributed by atoms with van der Waals surface area (Å²) in [5.41, 5.74) is 1.29. The van der Waals surface area contributed by atoms with E-state index in [-0.39, 0.29) is 0 Å². The third-order valence-corrected chi connectivity index (χ3v) is 4.37. The summed E-state index contributed by atoms with van der Waals surface area (Å²) in [4.78, 5) is 0. The van der Waals surface area contributed by atoms with Gasteiger partial charge in [-0.25, -0.2) is 0 Å². The fraction of sp³-hybridized carbons (Fsp3) is 0.333. The van der Waals surface area contributed by atoms with Crippen LogP contribution in [-0.2, 0) is 0 Å². The van der Waals surface area contributed by atoms with Gasteiger partial charge in [0, 0.05) is 17.6 Å². The highest BCUT2D eigenvalue weighted by Gasteiger charge is 2.30. The van der Waals surface area contributed by atoms with Crippen molar-refractivity contribution in [1.29, 1.82) is 0 Å². The second-order valence-corrected chi connectivity index (χ2v) is 5.91. The zero-order valence-electron chi connectivity index (χ0n) is 12.0. The van der Waals surface area contributed by atoms with Gasteiger partial charge in [0.25, 0.3) is 0 Å². The molecular weight excluding hydrogens is 282 g/mol. The van der Waals surface area contributed by atoms with Gasteiger partial charge in [-0.05, 0) is 42.5 Å². The van der Waals surface area contributed by atoms with Crippen molar-refractivity contribution in [3.05, 3.63) is 65.2 Å². The first kappa shape index (κ1) is 14.4. The van der Waals surface area contributed by atoms with Crippen LogP contribution in [0.25, 0.3) is 0 Å². The number of hydrogen-bond acceptors (Lipinski definition) is 2. The predicted octanol–water partition coefficient (Wildman–Crippen LogP) is 4.25. The van der Waals surface area contributed by atoms with Crippen molar-refractivity contribution >= 4 is 11.6 Å². The topological polar surface area (TPSA) is 21.3 Å². The Bertz CT molecular complexity index is 566. The zero-order chi connectivity index (χ0) is 14.5. The van der Waals surface area contributed by atoms with Crippen LogP contribution in [0.4, 0.5) is 0 Å². The first-order valence-electron chi connectivity index (χ1n) is 7.48. The van der Waals surface area contributed by atoms with Crippen LogP contribution in [0.2, 0.25) is 5.02 Å². The number of halogens is 1. The first-order valence-corrected chi connectivity index (χ1v) is 7.86. The Morgan fingerprint density at radius 3 is 2.48 bits per heavy atom. The van der Waals surface area contributed by atoms with Crippen molar-refractivity contribution in [2.24, 2.45) is 0 Å². The minimum atomic E-state index is 0.589. The van der Waals surface area contributed by atoms with Crippen molar-refractivity contribution in [1.82, 2.24) is 5.32 Å². The summed E-state index contributed by atoms with van der Waals surface area (Å²) in [5, 5.41) is 4.44. The second kappa shape index (κ2) is 6.97. The Hall–Kier alpha value is -1.51. The molecule has 0 aromatic heterocycles. The monoisotopic (exact) mass is 301 g/mol. The number of benzene rings is 2. The maximum atomic E-state index is 6.23. The van der Waals surface area contributed by atoms with Gasteiger partial charge in [0.05, 0.1) is 0 Å². The lowest BCUT2D eigenvalue weighted by Crippen LogP contribution is -2.41. The molecule has 3 rings (SSSR count). The summed E-state index contributed by atoms with van der Waals surface area (Å²) in [6.45, 7) is 1.59. The molecule has 0 spiro atoms. The summed E-state index contributed by atoms with van der Waals surface area (Å²) in [5.74, 6) is 1.54. The Labute approximate surface area is 131 Å². The zero-order valence-corrected chi connectivity index (χ0v) is 12.7. The quantitative estimate of drug-likeness (QED) is 0.805. The van der Waals surface area contributed by atoms with Gasteiger partial charge in [0.2, 0.25) is 0 Å². The van der Waals surface area contributed by atoms with Crippen molar-refractivity contribution in [3.8, 4) is 5.75 Å². The molecule has 0 atom stereocenters. The molecule has 1 aliphatic carbocycles. The minimum absolute atomic E-state index is 0.589. The fourth-order valence-corrected chi connectivity index (χ4v) is 3.08. The molecule has 0 aliphatic heterocycles. The number of ether oxygens (including phenoxy) is 1. The van der Waals surface area contributed by atoms with E-state index in [9.17, 15) is 0 Å². The summed E-state index contributed by atoms with van der Waals surface area (Å²) in [7, 11) is 0. The SMILES string of the molecule is Clc1ccccc1C1CC(NCCOc2ccccc2)C1. The van der Waals surface area contributed by atoms with Crippen molar-refractivity contribution < 1.29 is 4.74 Å². The van der Waals surface area contributed by atoms with Gasteiger partial charge in [-0.15, -0.1) is 0 Å². The number of hydrogen-bond donors (Lipinski definition) is 1. The molecule has 3 heteroatoms. The average molecular weight is 302 g/mol. The molecule has 21 heavy (non-hydrogen) atoms. The normalized spacial score (nSPS) is 20.8. The van der Waals surface area contributed by atoms with Gasteiger partial charge in [0.1, 0.15) is 12.4 Å². The summed E-state index contributed by atoms with van der Waals surface area (Å²) < 4.78 is 5.67. The van der Waals surface area contributed by atoms with Crippen LogP contribution in [0, 0.1) is 0 Å². The van der Waals surface area contributed by atoms with Gasteiger partial charge in [-0.2, -0.15) is 0 Å². The highest BCUT2D eigenvalue weighted by molar-refractivity contribution is 6.31. The lowest BCUT2D eigenvalue weighted by molar-refractivity contribution is 0.255. The fourth-order valence-electron chi connectivity index (χ4n) is 2.79. The third-order valence-electron chi connectivity index (χ3n) is 4.03. The molecule has 0 amide bonds. The molecule has 2 nitrogen and oxygen atoms in total. The van der Waals surface area contributed by atoms with Crippen LogP contribution in [0.3, 0.4) is 0 Å². The van der Waals surface area contributed by atoms with Gasteiger partial charge in [-0.1, -0.05) is 48.0 Å². The van der Waals surface area contributed by atoms with Crippen LogP contribution < -0.4 is 10.1 Å². The smallest absolute Gasteiger partial charge is 0.119 e. The Morgan fingerprint density at radius 2 is 1.71 bits per heavy atom. The Balaban J connectivity index is 1.35. The maximum absolute atomic E-state index is 6.23. The molecule has 110 valence electrons. The molecule has 0 saturated heterocycles. The summed E-state index contributed by atoms with van der Waals surface area (Å²) in [6, 6.07) is 18.7. The van der Waals surface area contributed by atoms with E-state index in [1.807, 2.05) is 42.5 Å². The van der Waals surface area contributed by atoms with E-state index in [2.05, 4.69) is 17.4 Å². The van der Waals surface area contributed by atoms with Gasteiger partial charge in [0.15, 0.2) is 0 Å². The molecule has 0 heterocycles. The van der Waals surface area contributed by atoms with E-state index in [0.29, 0.717) is 18.6 Å². The van der Waals surface area contributed by atoms with Crippen molar-refractivity contribution in [2.45, 2.75) is 24.8 Å². The van der Waals surface area contributed by atoms with E-state index >= 15 is 0 Å². The molecule has 2 aromatic rings. The lowest BCUT2D eigenvalue weighted by Gasteiger charge is -2.36. The van der Waals surface area contributed by atoms with Gasteiger partial charge < -0.3 is 10.1 Å². The van der Waals surface area contributed by atoms with Crippen LogP contribution in [0.15, 0.2) is 54.6 Å². The van der Waals surface area contributed by atoms with Crippen LogP contribution in [-0.4, -0.2) is 19.2 Å². The van der Waals surface area contributed by atoms with E-state index < -0.39 is 0 Å². The molecule has 0 unspecified atom stereocenters. The second-order valence-electron chi connectivity index (χ2n) is 5.50. The Morgan fingerprint density at radius 1 is 1.00 bits per heavy atom. The molecule has 0 radical (unpaired) electrons. The van der Waals surface area contributed by atoms with Crippen LogP contribution in [0.5, 0.6) is 5.75 Å². The minimum Gasteiger partial charge on any atom is -0.492 e. The molecule has 1 fully saturated rings. The number of rotatable bonds is 6. The van der Waals surface area contributed by atoms with Gasteiger partial charge in [-0.3, -0.25) is 0 Å². The van der Waals surface area contributed by atoms with Crippen LogP contribution >= 0.6 is 11.6 Å². The molecule has 2 aromatic carbocycles. The largest absolute Gasteiger partial charge is 0.492 e. The standard InChI is InChI=1S/C18H20ClNO/c19-18-9-5-4-8-17(18)14-12-15(13-14)20-10-11-21-16-6-2-1-3-7-16/h1-9,14-15,20H,10-13H2. The molecule has 1 N–H and O–H groups in total. The van der Waals surface area contributed by atoms with Crippen molar-refractivity contribution in [2.75, 3.05) is 13.2 Å². The van der Waals surface area contributed by atoms with Gasteiger partial charge >= 0.3 is 0 Å². The predicted molar refractivity (Wildman–Crippen MR) is 87.2 cm³/mol. The summed E-state index contributed by atoms with van der Waals surface area (Å²) in [6.07, 6.45) is 2.32. The highest BCUT2D eigenvalue weighted by Crippen LogP contribution is 2.39. The average Bonchev–Trinajstić information content (AvgIpc) is 2.47. The highest BCUT2D eigenvalue weighted by atomic mass is 35.5.